The Morgan fingerprint density at radius 3 is 2.44 bits per heavy atom. The predicted molar refractivity (Wildman–Crippen MR) is 71.0 cm³/mol. The van der Waals surface area contributed by atoms with Gasteiger partial charge in [-0.1, -0.05) is 35.3 Å². The van der Waals surface area contributed by atoms with Gasteiger partial charge in [-0.2, -0.15) is 0 Å². The fourth-order valence-electron chi connectivity index (χ4n) is 1.56. The third kappa shape index (κ3) is 2.55. The second kappa shape index (κ2) is 5.09. The van der Waals surface area contributed by atoms with E-state index in [4.69, 9.17) is 23.2 Å². The Bertz CT molecular complexity index is 623. The van der Waals surface area contributed by atoms with E-state index in [2.05, 4.69) is 0 Å². The Hall–Kier alpha value is -1.38. The maximum Gasteiger partial charge on any atom is 0.194 e. The van der Waals surface area contributed by atoms with Crippen molar-refractivity contribution in [3.8, 4) is 0 Å². The lowest BCUT2D eigenvalue weighted by atomic mass is 10.0. The lowest BCUT2D eigenvalue weighted by Gasteiger charge is -2.05. The Morgan fingerprint density at radius 2 is 1.78 bits per heavy atom. The third-order valence-electron chi connectivity index (χ3n) is 2.61. The molecule has 92 valence electrons. The van der Waals surface area contributed by atoms with Crippen LogP contribution in [0.3, 0.4) is 0 Å². The molecule has 2 aromatic rings. The fourth-order valence-corrected chi connectivity index (χ4v) is 1.95. The zero-order chi connectivity index (χ0) is 13.3. The highest BCUT2D eigenvalue weighted by Crippen LogP contribution is 2.23. The molecular weight excluding hydrogens is 274 g/mol. The fraction of sp³-hybridized carbons (Fsp3) is 0.0714. The topological polar surface area (TPSA) is 17.1 Å². The SMILES string of the molecule is Cc1ccc(C(=O)c2cc(F)ccc2Cl)cc1Cl. The average molecular weight is 283 g/mol. The minimum Gasteiger partial charge on any atom is -0.289 e. The largest absolute Gasteiger partial charge is 0.289 e. The van der Waals surface area contributed by atoms with Crippen LogP contribution in [0.25, 0.3) is 0 Å². The van der Waals surface area contributed by atoms with Gasteiger partial charge in [0.05, 0.1) is 5.02 Å². The highest BCUT2D eigenvalue weighted by molar-refractivity contribution is 6.35. The molecule has 0 N–H and O–H groups in total. The molecule has 2 rings (SSSR count). The number of hydrogen-bond acceptors (Lipinski definition) is 1. The molecule has 0 fully saturated rings. The normalized spacial score (nSPS) is 10.4. The van der Waals surface area contributed by atoms with E-state index in [1.165, 1.54) is 12.1 Å². The zero-order valence-corrected chi connectivity index (χ0v) is 11.0. The molecular formula is C14H9Cl2FO. The van der Waals surface area contributed by atoms with Crippen molar-refractivity contribution in [3.05, 3.63) is 69.0 Å². The van der Waals surface area contributed by atoms with Gasteiger partial charge in [0.25, 0.3) is 0 Å². The van der Waals surface area contributed by atoms with Gasteiger partial charge < -0.3 is 0 Å². The first-order chi connectivity index (χ1) is 8.49. The lowest BCUT2D eigenvalue weighted by Crippen LogP contribution is -2.03. The molecule has 0 unspecified atom stereocenters. The lowest BCUT2D eigenvalue weighted by molar-refractivity contribution is 0.103. The van der Waals surface area contributed by atoms with E-state index in [-0.39, 0.29) is 16.4 Å². The van der Waals surface area contributed by atoms with E-state index in [9.17, 15) is 9.18 Å². The number of aryl methyl sites for hydroxylation is 1. The Balaban J connectivity index is 2.47. The molecule has 0 amide bonds. The van der Waals surface area contributed by atoms with Crippen molar-refractivity contribution in [1.82, 2.24) is 0 Å². The zero-order valence-electron chi connectivity index (χ0n) is 9.51. The first-order valence-electron chi connectivity index (χ1n) is 5.25. The molecule has 18 heavy (non-hydrogen) atoms. The predicted octanol–water partition coefficient (Wildman–Crippen LogP) is 4.67. The van der Waals surface area contributed by atoms with Crippen molar-refractivity contribution in [2.75, 3.05) is 0 Å². The summed E-state index contributed by atoms with van der Waals surface area (Å²) in [6.45, 7) is 1.84. The van der Waals surface area contributed by atoms with E-state index < -0.39 is 5.82 Å². The minimum absolute atomic E-state index is 0.136. The molecule has 0 saturated heterocycles. The van der Waals surface area contributed by atoms with Gasteiger partial charge in [0, 0.05) is 16.1 Å². The van der Waals surface area contributed by atoms with E-state index in [1.54, 1.807) is 18.2 Å². The monoisotopic (exact) mass is 282 g/mol. The first kappa shape index (κ1) is 13.1. The van der Waals surface area contributed by atoms with Gasteiger partial charge in [0.15, 0.2) is 5.78 Å². The smallest absolute Gasteiger partial charge is 0.194 e. The molecule has 0 aliphatic carbocycles. The Morgan fingerprint density at radius 1 is 1.06 bits per heavy atom. The second-order valence-corrected chi connectivity index (χ2v) is 4.73. The molecule has 0 bridgehead atoms. The summed E-state index contributed by atoms with van der Waals surface area (Å²) < 4.78 is 13.1. The Kier molecular flexibility index (Phi) is 3.69. The summed E-state index contributed by atoms with van der Waals surface area (Å²) in [4.78, 5) is 12.2. The van der Waals surface area contributed by atoms with Crippen LogP contribution in [0.1, 0.15) is 21.5 Å². The van der Waals surface area contributed by atoms with E-state index in [1.807, 2.05) is 6.92 Å². The van der Waals surface area contributed by atoms with Crippen molar-refractivity contribution < 1.29 is 9.18 Å². The molecule has 0 aliphatic heterocycles. The van der Waals surface area contributed by atoms with Gasteiger partial charge in [-0.25, -0.2) is 4.39 Å². The van der Waals surface area contributed by atoms with Crippen LogP contribution >= 0.6 is 23.2 Å². The molecule has 1 nitrogen and oxygen atoms in total. The maximum atomic E-state index is 13.1. The molecule has 2 aromatic carbocycles. The average Bonchev–Trinajstić information content (AvgIpc) is 2.35. The molecule has 4 heteroatoms. The molecule has 0 atom stereocenters. The van der Waals surface area contributed by atoms with Gasteiger partial charge in [-0.3, -0.25) is 4.79 Å². The number of ketones is 1. The van der Waals surface area contributed by atoms with Gasteiger partial charge >= 0.3 is 0 Å². The highest BCUT2D eigenvalue weighted by atomic mass is 35.5. The summed E-state index contributed by atoms with van der Waals surface area (Å²) in [5, 5.41) is 0.714. The summed E-state index contributed by atoms with van der Waals surface area (Å²) in [5.41, 5.74) is 1.40. The van der Waals surface area contributed by atoms with Crippen LogP contribution in [0.15, 0.2) is 36.4 Å². The summed E-state index contributed by atoms with van der Waals surface area (Å²) in [5.74, 6) is -0.845. The number of rotatable bonds is 2. The van der Waals surface area contributed by atoms with Crippen LogP contribution in [-0.4, -0.2) is 5.78 Å². The Labute approximate surface area is 114 Å². The number of carbonyl (C=O) groups is 1. The summed E-state index contributed by atoms with van der Waals surface area (Å²) in [6, 6.07) is 8.63. The standard InChI is InChI=1S/C14H9Cl2FO/c1-8-2-3-9(6-13(8)16)14(18)11-7-10(17)4-5-12(11)15/h2-7H,1H3. The molecule has 0 spiro atoms. The van der Waals surface area contributed by atoms with Crippen molar-refractivity contribution in [1.29, 1.82) is 0 Å². The number of hydrogen-bond donors (Lipinski definition) is 0. The van der Waals surface area contributed by atoms with Gasteiger partial charge in [-0.05, 0) is 36.8 Å². The maximum absolute atomic E-state index is 13.1. The van der Waals surface area contributed by atoms with Crippen molar-refractivity contribution >= 4 is 29.0 Å². The molecule has 0 radical (unpaired) electrons. The van der Waals surface area contributed by atoms with Crippen LogP contribution < -0.4 is 0 Å². The molecule has 0 saturated carbocycles. The first-order valence-corrected chi connectivity index (χ1v) is 6.00. The van der Waals surface area contributed by atoms with Gasteiger partial charge in [0.1, 0.15) is 5.82 Å². The van der Waals surface area contributed by atoms with Crippen LogP contribution in [0.4, 0.5) is 4.39 Å². The second-order valence-electron chi connectivity index (χ2n) is 3.92. The molecule has 0 aliphatic rings. The van der Waals surface area contributed by atoms with Crippen LogP contribution in [0.5, 0.6) is 0 Å². The van der Waals surface area contributed by atoms with E-state index >= 15 is 0 Å². The molecule has 0 heterocycles. The minimum atomic E-state index is -0.499. The quantitative estimate of drug-likeness (QED) is 0.732. The molecule has 0 aromatic heterocycles. The van der Waals surface area contributed by atoms with Crippen LogP contribution in [0, 0.1) is 12.7 Å². The number of halogens is 3. The highest BCUT2D eigenvalue weighted by Gasteiger charge is 2.14. The third-order valence-corrected chi connectivity index (χ3v) is 3.34. The van der Waals surface area contributed by atoms with Gasteiger partial charge in [-0.15, -0.1) is 0 Å². The summed E-state index contributed by atoms with van der Waals surface area (Å²) in [7, 11) is 0. The van der Waals surface area contributed by atoms with E-state index in [0.717, 1.165) is 11.6 Å². The van der Waals surface area contributed by atoms with Crippen molar-refractivity contribution in [2.24, 2.45) is 0 Å². The van der Waals surface area contributed by atoms with Crippen molar-refractivity contribution in [3.63, 3.8) is 0 Å². The number of benzene rings is 2. The van der Waals surface area contributed by atoms with Crippen LogP contribution in [-0.2, 0) is 0 Å². The van der Waals surface area contributed by atoms with Crippen molar-refractivity contribution in [2.45, 2.75) is 6.92 Å². The summed E-state index contributed by atoms with van der Waals surface area (Å²) >= 11 is 11.8. The van der Waals surface area contributed by atoms with E-state index in [0.29, 0.717) is 10.6 Å². The van der Waals surface area contributed by atoms with Gasteiger partial charge in [0.2, 0.25) is 0 Å². The summed E-state index contributed by atoms with van der Waals surface area (Å²) in [6.07, 6.45) is 0. The number of carbonyl (C=O) groups excluding carboxylic acids is 1. The van der Waals surface area contributed by atoms with Crippen LogP contribution in [0.2, 0.25) is 10.0 Å².